The van der Waals surface area contributed by atoms with Crippen LogP contribution in [-0.4, -0.2) is 5.78 Å². The molecule has 2 aliphatic rings. The lowest BCUT2D eigenvalue weighted by molar-refractivity contribution is -0.130. The Labute approximate surface area is 98.6 Å². The lowest BCUT2D eigenvalue weighted by Crippen LogP contribution is -2.35. The molecule has 0 aromatic rings. The van der Waals surface area contributed by atoms with Gasteiger partial charge in [0.2, 0.25) is 0 Å². The Bertz CT molecular complexity index is 343. The first-order valence-electron chi connectivity index (χ1n) is 6.27. The summed E-state index contributed by atoms with van der Waals surface area (Å²) < 4.78 is 0. The van der Waals surface area contributed by atoms with Crippen molar-refractivity contribution in [2.75, 3.05) is 0 Å². The Hall–Kier alpha value is -0.850. The van der Waals surface area contributed by atoms with Crippen LogP contribution in [0, 0.1) is 22.7 Å². The number of rotatable bonds is 3. The third-order valence-electron chi connectivity index (χ3n) is 5.35. The second-order valence-electron chi connectivity index (χ2n) is 5.92. The topological polar surface area (TPSA) is 17.1 Å². The number of hydrogen-bond donors (Lipinski definition) is 0. The van der Waals surface area contributed by atoms with Crippen LogP contribution in [0.15, 0.2) is 25.3 Å². The van der Waals surface area contributed by atoms with Crippen molar-refractivity contribution >= 4 is 5.78 Å². The van der Waals surface area contributed by atoms with E-state index in [0.717, 1.165) is 25.7 Å². The van der Waals surface area contributed by atoms with E-state index in [1.165, 1.54) is 0 Å². The molecule has 0 aliphatic heterocycles. The molecule has 2 aliphatic carbocycles. The first-order chi connectivity index (χ1) is 7.49. The van der Waals surface area contributed by atoms with Crippen LogP contribution in [-0.2, 0) is 4.79 Å². The van der Waals surface area contributed by atoms with Gasteiger partial charge in [-0.3, -0.25) is 4.79 Å². The summed E-state index contributed by atoms with van der Waals surface area (Å²) in [6.45, 7) is 12.2. The third-order valence-corrected chi connectivity index (χ3v) is 5.35. The number of carbonyl (C=O) groups excluding carboxylic acids is 1. The third kappa shape index (κ3) is 1.20. The molecule has 88 valence electrons. The van der Waals surface area contributed by atoms with Crippen molar-refractivity contribution in [2.45, 2.75) is 39.5 Å². The fraction of sp³-hybridized carbons (Fsp3) is 0.667. The molecule has 16 heavy (non-hydrogen) atoms. The maximum atomic E-state index is 12.5. The van der Waals surface area contributed by atoms with E-state index in [9.17, 15) is 4.79 Å². The quantitative estimate of drug-likeness (QED) is 0.659. The standard InChI is InChI=1S/C15H22O/c1-5-7-11-10-15(4)12(6-2)8-9-14(15,3)13(11)16/h5-6,11-12H,1-2,7-10H2,3-4H3/t11-,12-,14-,15-/m1/s1. The minimum Gasteiger partial charge on any atom is -0.299 e. The summed E-state index contributed by atoms with van der Waals surface area (Å²) in [4.78, 5) is 12.5. The predicted octanol–water partition coefficient (Wildman–Crippen LogP) is 3.76. The summed E-state index contributed by atoms with van der Waals surface area (Å²) in [5, 5.41) is 0. The van der Waals surface area contributed by atoms with Crippen LogP contribution in [0.3, 0.4) is 0 Å². The van der Waals surface area contributed by atoms with Gasteiger partial charge in [-0.15, -0.1) is 13.2 Å². The van der Waals surface area contributed by atoms with Crippen molar-refractivity contribution in [3.63, 3.8) is 0 Å². The highest BCUT2D eigenvalue weighted by atomic mass is 16.1. The van der Waals surface area contributed by atoms with Gasteiger partial charge in [-0.2, -0.15) is 0 Å². The van der Waals surface area contributed by atoms with Gasteiger partial charge >= 0.3 is 0 Å². The second-order valence-corrected chi connectivity index (χ2v) is 5.92. The van der Waals surface area contributed by atoms with Crippen molar-refractivity contribution in [3.05, 3.63) is 25.3 Å². The highest BCUT2D eigenvalue weighted by Crippen LogP contribution is 2.65. The van der Waals surface area contributed by atoms with E-state index in [-0.39, 0.29) is 16.7 Å². The van der Waals surface area contributed by atoms with Crippen LogP contribution in [0.25, 0.3) is 0 Å². The zero-order chi connectivity index (χ0) is 12.0. The number of hydrogen-bond acceptors (Lipinski definition) is 1. The molecule has 0 amide bonds. The highest BCUT2D eigenvalue weighted by molar-refractivity contribution is 5.90. The molecule has 0 radical (unpaired) electrons. The molecule has 1 nitrogen and oxygen atoms in total. The Morgan fingerprint density at radius 2 is 2.12 bits per heavy atom. The summed E-state index contributed by atoms with van der Waals surface area (Å²) in [5.74, 6) is 1.19. The number of ketones is 1. The smallest absolute Gasteiger partial charge is 0.142 e. The largest absolute Gasteiger partial charge is 0.299 e. The van der Waals surface area contributed by atoms with E-state index in [0.29, 0.717) is 11.7 Å². The van der Waals surface area contributed by atoms with Gasteiger partial charge in [-0.1, -0.05) is 26.0 Å². The molecule has 0 heterocycles. The van der Waals surface area contributed by atoms with Gasteiger partial charge in [0.1, 0.15) is 5.78 Å². The monoisotopic (exact) mass is 218 g/mol. The molecule has 2 saturated carbocycles. The molecule has 0 aromatic heterocycles. The summed E-state index contributed by atoms with van der Waals surface area (Å²) in [6.07, 6.45) is 7.97. The molecule has 2 fully saturated rings. The average molecular weight is 218 g/mol. The van der Waals surface area contributed by atoms with Gasteiger partial charge in [0.15, 0.2) is 0 Å². The summed E-state index contributed by atoms with van der Waals surface area (Å²) in [6, 6.07) is 0. The fourth-order valence-corrected chi connectivity index (χ4v) is 4.06. The van der Waals surface area contributed by atoms with Gasteiger partial charge in [-0.25, -0.2) is 0 Å². The Kier molecular flexibility index (Phi) is 2.60. The van der Waals surface area contributed by atoms with Crippen molar-refractivity contribution < 1.29 is 4.79 Å². The maximum Gasteiger partial charge on any atom is 0.142 e. The van der Waals surface area contributed by atoms with Crippen LogP contribution < -0.4 is 0 Å². The minimum absolute atomic E-state index is 0.112. The van der Waals surface area contributed by atoms with Gasteiger partial charge in [0, 0.05) is 11.3 Å². The zero-order valence-corrected chi connectivity index (χ0v) is 10.5. The van der Waals surface area contributed by atoms with Gasteiger partial charge in [0.25, 0.3) is 0 Å². The van der Waals surface area contributed by atoms with Crippen molar-refractivity contribution in [1.29, 1.82) is 0 Å². The molecule has 0 saturated heterocycles. The lowest BCUT2D eigenvalue weighted by atomic mass is 9.67. The van der Waals surface area contributed by atoms with E-state index in [4.69, 9.17) is 0 Å². The Morgan fingerprint density at radius 3 is 2.69 bits per heavy atom. The van der Waals surface area contributed by atoms with E-state index in [1.54, 1.807) is 0 Å². The maximum absolute atomic E-state index is 12.5. The van der Waals surface area contributed by atoms with Crippen LogP contribution in [0.1, 0.15) is 39.5 Å². The van der Waals surface area contributed by atoms with E-state index in [1.807, 2.05) is 6.08 Å². The van der Waals surface area contributed by atoms with Crippen LogP contribution >= 0.6 is 0 Å². The predicted molar refractivity (Wildman–Crippen MR) is 67.1 cm³/mol. The first kappa shape index (κ1) is 11.6. The minimum atomic E-state index is -0.112. The van der Waals surface area contributed by atoms with Crippen LogP contribution in [0.5, 0.6) is 0 Å². The van der Waals surface area contributed by atoms with Crippen molar-refractivity contribution in [1.82, 2.24) is 0 Å². The highest BCUT2D eigenvalue weighted by Gasteiger charge is 2.63. The average Bonchev–Trinajstić information content (AvgIpc) is 2.60. The SMILES string of the molecule is C=CC[C@@H]1C[C@]2(C)[C@H](C=C)CC[C@]2(C)C1=O. The van der Waals surface area contributed by atoms with Crippen molar-refractivity contribution in [3.8, 4) is 0 Å². The molecular weight excluding hydrogens is 196 g/mol. The molecule has 4 atom stereocenters. The van der Waals surface area contributed by atoms with Gasteiger partial charge in [0.05, 0.1) is 0 Å². The van der Waals surface area contributed by atoms with Crippen molar-refractivity contribution in [2.24, 2.45) is 22.7 Å². The first-order valence-corrected chi connectivity index (χ1v) is 6.27. The van der Waals surface area contributed by atoms with E-state index >= 15 is 0 Å². The molecule has 0 aromatic carbocycles. The molecular formula is C15H22O. The number of fused-ring (bicyclic) bond motifs is 1. The summed E-state index contributed by atoms with van der Waals surface area (Å²) in [7, 11) is 0. The molecule has 0 spiro atoms. The molecule has 1 heteroatoms. The number of Topliss-reactive ketones (excluding diaryl/α,β-unsaturated/α-hetero) is 1. The lowest BCUT2D eigenvalue weighted by Gasteiger charge is -2.36. The molecule has 0 unspecified atom stereocenters. The van der Waals surface area contributed by atoms with Gasteiger partial charge < -0.3 is 0 Å². The van der Waals surface area contributed by atoms with E-state index in [2.05, 4.69) is 33.1 Å². The second kappa shape index (κ2) is 3.58. The number of carbonyl (C=O) groups is 1. The number of allylic oxidation sites excluding steroid dienone is 2. The molecule has 0 N–H and O–H groups in total. The Balaban J connectivity index is 2.36. The van der Waals surface area contributed by atoms with Gasteiger partial charge in [-0.05, 0) is 37.0 Å². The Morgan fingerprint density at radius 1 is 1.44 bits per heavy atom. The van der Waals surface area contributed by atoms with Crippen LogP contribution in [0.2, 0.25) is 0 Å². The van der Waals surface area contributed by atoms with E-state index < -0.39 is 0 Å². The zero-order valence-electron chi connectivity index (χ0n) is 10.5. The fourth-order valence-electron chi connectivity index (χ4n) is 4.06. The summed E-state index contributed by atoms with van der Waals surface area (Å²) >= 11 is 0. The molecule has 0 bridgehead atoms. The van der Waals surface area contributed by atoms with Crippen LogP contribution in [0.4, 0.5) is 0 Å². The summed E-state index contributed by atoms with van der Waals surface area (Å²) in [5.41, 5.74) is 0.0268. The normalized spacial score (nSPS) is 46.8. The molecule has 2 rings (SSSR count).